The third-order valence-electron chi connectivity index (χ3n) is 2.37. The third kappa shape index (κ3) is 3.03. The van der Waals surface area contributed by atoms with Gasteiger partial charge in [0.2, 0.25) is 0 Å². The van der Waals surface area contributed by atoms with Gasteiger partial charge >= 0.3 is 5.97 Å². The van der Waals surface area contributed by atoms with Gasteiger partial charge in [0.15, 0.2) is 5.17 Å². The van der Waals surface area contributed by atoms with Gasteiger partial charge in [-0.05, 0) is 19.1 Å². The maximum absolute atomic E-state index is 12.0. The number of hydrogen-bond acceptors (Lipinski definition) is 5. The van der Waals surface area contributed by atoms with E-state index in [1.807, 2.05) is 0 Å². The van der Waals surface area contributed by atoms with Crippen LogP contribution in [-0.2, 0) is 14.8 Å². The summed E-state index contributed by atoms with van der Waals surface area (Å²) >= 11 is 12.5. The summed E-state index contributed by atoms with van der Waals surface area (Å²) in [5.41, 5.74) is 0.145. The maximum atomic E-state index is 12.0. The largest absolute Gasteiger partial charge is 0.480 e. The molecule has 0 amide bonds. The van der Waals surface area contributed by atoms with E-state index in [9.17, 15) is 13.2 Å². The first-order valence-electron chi connectivity index (χ1n) is 5.21. The number of aliphatic carboxylic acids is 1. The second-order valence-electron chi connectivity index (χ2n) is 3.86. The highest BCUT2D eigenvalue weighted by atomic mass is 35.5. The van der Waals surface area contributed by atoms with Gasteiger partial charge in [-0.1, -0.05) is 35.0 Å². The number of hydrogen-bond donors (Lipinski definition) is 2. The van der Waals surface area contributed by atoms with Gasteiger partial charge in [-0.25, -0.2) is 0 Å². The summed E-state index contributed by atoms with van der Waals surface area (Å²) in [6, 6.07) is 2.62. The van der Waals surface area contributed by atoms with Crippen molar-refractivity contribution in [3.8, 4) is 0 Å². The number of fused-ring (bicyclic) bond motifs is 1. The summed E-state index contributed by atoms with van der Waals surface area (Å²) in [7, 11) is -3.96. The molecule has 0 spiro atoms. The maximum Gasteiger partial charge on any atom is 0.316 e. The quantitative estimate of drug-likeness (QED) is 0.847. The molecule has 1 unspecified atom stereocenters. The van der Waals surface area contributed by atoms with E-state index < -0.39 is 21.2 Å². The SMILES string of the molecule is CC(SC1=NS(=O)(=O)c2cc(Cl)cc(Cl)c2N1)C(=O)O. The van der Waals surface area contributed by atoms with Gasteiger partial charge in [0.25, 0.3) is 10.0 Å². The monoisotopic (exact) mass is 354 g/mol. The predicted molar refractivity (Wildman–Crippen MR) is 79.4 cm³/mol. The van der Waals surface area contributed by atoms with Crippen molar-refractivity contribution in [3.05, 3.63) is 22.2 Å². The van der Waals surface area contributed by atoms with Crippen LogP contribution in [0.5, 0.6) is 0 Å². The lowest BCUT2D eigenvalue weighted by Gasteiger charge is -2.20. The highest BCUT2D eigenvalue weighted by Gasteiger charge is 2.29. The Kier molecular flexibility index (Phi) is 4.19. The topological polar surface area (TPSA) is 95.8 Å². The smallest absolute Gasteiger partial charge is 0.316 e. The second-order valence-corrected chi connectivity index (χ2v) is 7.60. The summed E-state index contributed by atoms with van der Waals surface area (Å²) in [5.74, 6) is -1.08. The predicted octanol–water partition coefficient (Wildman–Crippen LogP) is 2.67. The van der Waals surface area contributed by atoms with Crippen LogP contribution in [-0.4, -0.2) is 29.9 Å². The number of carboxylic acids is 1. The van der Waals surface area contributed by atoms with Crippen molar-refractivity contribution >= 4 is 61.8 Å². The van der Waals surface area contributed by atoms with Gasteiger partial charge in [0.1, 0.15) is 10.1 Å². The third-order valence-corrected chi connectivity index (χ3v) is 5.27. The molecule has 1 atom stereocenters. The van der Waals surface area contributed by atoms with Gasteiger partial charge in [0.05, 0.1) is 10.7 Å². The van der Waals surface area contributed by atoms with Crippen molar-refractivity contribution in [1.29, 1.82) is 0 Å². The van der Waals surface area contributed by atoms with Gasteiger partial charge in [-0.15, -0.1) is 4.40 Å². The summed E-state index contributed by atoms with van der Waals surface area (Å²) in [6.45, 7) is 1.42. The van der Waals surface area contributed by atoms with E-state index in [4.69, 9.17) is 28.3 Å². The van der Waals surface area contributed by atoms with Crippen LogP contribution in [0.15, 0.2) is 21.4 Å². The highest BCUT2D eigenvalue weighted by Crippen LogP contribution is 2.38. The van der Waals surface area contributed by atoms with Gasteiger partial charge in [-0.3, -0.25) is 4.79 Å². The van der Waals surface area contributed by atoms with E-state index in [1.165, 1.54) is 19.1 Å². The summed E-state index contributed by atoms with van der Waals surface area (Å²) < 4.78 is 27.6. The zero-order valence-corrected chi connectivity index (χ0v) is 13.1. The van der Waals surface area contributed by atoms with Crippen molar-refractivity contribution in [2.75, 3.05) is 5.32 Å². The average molecular weight is 355 g/mol. The highest BCUT2D eigenvalue weighted by molar-refractivity contribution is 8.15. The molecule has 0 fully saturated rings. The molecule has 0 aliphatic carbocycles. The molecule has 6 nitrogen and oxygen atoms in total. The van der Waals surface area contributed by atoms with Crippen molar-refractivity contribution < 1.29 is 18.3 Å². The van der Waals surface area contributed by atoms with Crippen molar-refractivity contribution in [3.63, 3.8) is 0 Å². The Labute approximate surface area is 129 Å². The van der Waals surface area contributed by atoms with E-state index in [0.717, 1.165) is 11.8 Å². The number of sulfonamides is 1. The number of thioether (sulfide) groups is 1. The van der Waals surface area contributed by atoms with Gasteiger partial charge < -0.3 is 10.4 Å². The Hall–Kier alpha value is -0.960. The number of halogens is 2. The van der Waals surface area contributed by atoms with Crippen molar-refractivity contribution in [1.82, 2.24) is 0 Å². The Morgan fingerprint density at radius 2 is 2.10 bits per heavy atom. The molecule has 108 valence electrons. The number of benzene rings is 1. The molecule has 0 radical (unpaired) electrons. The number of amidine groups is 1. The zero-order chi connectivity index (χ0) is 15.1. The second kappa shape index (κ2) is 5.44. The lowest BCUT2D eigenvalue weighted by atomic mass is 10.3. The van der Waals surface area contributed by atoms with E-state index >= 15 is 0 Å². The molecule has 1 aromatic carbocycles. The average Bonchev–Trinajstić information content (AvgIpc) is 2.30. The molecular formula is C10H8Cl2N2O4S2. The number of carbonyl (C=O) groups is 1. The fraction of sp³-hybridized carbons (Fsp3) is 0.200. The van der Waals surface area contributed by atoms with Crippen LogP contribution in [0.1, 0.15) is 6.92 Å². The summed E-state index contributed by atoms with van der Waals surface area (Å²) in [6.07, 6.45) is 0. The number of anilines is 1. The first-order chi connectivity index (χ1) is 9.20. The lowest BCUT2D eigenvalue weighted by Crippen LogP contribution is -2.23. The van der Waals surface area contributed by atoms with E-state index in [0.29, 0.717) is 0 Å². The fourth-order valence-electron chi connectivity index (χ4n) is 1.43. The zero-order valence-electron chi connectivity index (χ0n) is 9.92. The molecule has 2 rings (SSSR count). The van der Waals surface area contributed by atoms with Crippen LogP contribution in [0, 0.1) is 0 Å². The van der Waals surface area contributed by atoms with E-state index in [-0.39, 0.29) is 25.8 Å². The Morgan fingerprint density at radius 3 is 2.70 bits per heavy atom. The van der Waals surface area contributed by atoms with E-state index in [2.05, 4.69) is 9.71 Å². The molecule has 0 saturated carbocycles. The molecule has 1 aliphatic rings. The van der Waals surface area contributed by atoms with Crippen LogP contribution in [0.2, 0.25) is 10.0 Å². The van der Waals surface area contributed by atoms with Crippen LogP contribution >= 0.6 is 35.0 Å². The Balaban J connectivity index is 2.45. The van der Waals surface area contributed by atoms with E-state index in [1.54, 1.807) is 0 Å². The molecule has 0 bridgehead atoms. The minimum Gasteiger partial charge on any atom is -0.480 e. The molecule has 10 heteroatoms. The summed E-state index contributed by atoms with van der Waals surface area (Å²) in [4.78, 5) is 10.7. The number of carboxylic acid groups (broad SMARTS) is 1. The molecule has 0 aromatic heterocycles. The van der Waals surface area contributed by atoms with Gasteiger partial charge in [-0.2, -0.15) is 8.42 Å². The van der Waals surface area contributed by atoms with Crippen LogP contribution in [0.3, 0.4) is 0 Å². The number of nitrogens with zero attached hydrogens (tertiary/aromatic N) is 1. The molecule has 1 heterocycles. The molecular weight excluding hydrogens is 347 g/mol. The number of rotatable bonds is 2. The van der Waals surface area contributed by atoms with Crippen molar-refractivity contribution in [2.24, 2.45) is 4.40 Å². The van der Waals surface area contributed by atoms with Crippen LogP contribution in [0.25, 0.3) is 0 Å². The molecule has 0 saturated heterocycles. The number of nitrogens with one attached hydrogen (secondary N) is 1. The van der Waals surface area contributed by atoms with Crippen LogP contribution < -0.4 is 5.32 Å². The molecule has 1 aromatic rings. The minimum absolute atomic E-state index is 0.0448. The Bertz CT molecular complexity index is 718. The van der Waals surface area contributed by atoms with Gasteiger partial charge in [0, 0.05) is 5.02 Å². The fourth-order valence-corrected chi connectivity index (χ4v) is 4.21. The standard InChI is InChI=1S/C10H8Cl2N2O4S2/c1-4(9(15)16)19-10-13-8-6(12)2-5(11)3-7(8)20(17,18)14-10/h2-4H,1H3,(H,13,14)(H,15,16). The summed E-state index contributed by atoms with van der Waals surface area (Å²) in [5, 5.41) is 10.9. The first-order valence-corrected chi connectivity index (χ1v) is 8.29. The van der Waals surface area contributed by atoms with Crippen LogP contribution in [0.4, 0.5) is 5.69 Å². The molecule has 1 aliphatic heterocycles. The lowest BCUT2D eigenvalue weighted by molar-refractivity contribution is -0.136. The minimum atomic E-state index is -3.96. The molecule has 2 N–H and O–H groups in total. The van der Waals surface area contributed by atoms with Crippen molar-refractivity contribution in [2.45, 2.75) is 17.1 Å². The first kappa shape index (κ1) is 15.4. The Morgan fingerprint density at radius 1 is 1.45 bits per heavy atom. The molecule has 20 heavy (non-hydrogen) atoms. The normalized spacial score (nSPS) is 17.6.